The summed E-state index contributed by atoms with van der Waals surface area (Å²) in [4.78, 5) is 0.312. The second kappa shape index (κ2) is 7.12. The number of rotatable bonds is 6. The standard InChI is InChI=1S/C15H22N2O4S2/c1-3-22(18,19)16-11-14-8-6-10-17(12-14)23(20,21)15-9-5-4-7-13(15)2/h3-5,7,9,14,16H,1,6,8,10-12H2,2H3/t14-/m1/s1. The van der Waals surface area contributed by atoms with E-state index in [2.05, 4.69) is 11.3 Å². The van der Waals surface area contributed by atoms with Crippen LogP contribution in [0.5, 0.6) is 0 Å². The average Bonchev–Trinajstić information content (AvgIpc) is 2.53. The summed E-state index contributed by atoms with van der Waals surface area (Å²) in [6, 6.07) is 6.89. The summed E-state index contributed by atoms with van der Waals surface area (Å²) in [5.74, 6) is -0.0442. The minimum Gasteiger partial charge on any atom is -0.211 e. The van der Waals surface area contributed by atoms with Gasteiger partial charge in [0.2, 0.25) is 20.0 Å². The normalized spacial score (nSPS) is 20.3. The summed E-state index contributed by atoms with van der Waals surface area (Å²) in [6.07, 6.45) is 1.51. The Bertz CT molecular complexity index is 772. The maximum absolute atomic E-state index is 12.8. The number of sulfonamides is 2. The molecular weight excluding hydrogens is 336 g/mol. The predicted molar refractivity (Wildman–Crippen MR) is 89.8 cm³/mol. The first-order chi connectivity index (χ1) is 10.8. The van der Waals surface area contributed by atoms with E-state index in [1.165, 1.54) is 4.31 Å². The van der Waals surface area contributed by atoms with Gasteiger partial charge < -0.3 is 0 Å². The summed E-state index contributed by atoms with van der Waals surface area (Å²) in [5.41, 5.74) is 0.710. The fourth-order valence-corrected chi connectivity index (χ4v) is 5.06. The molecule has 1 N–H and O–H groups in total. The molecule has 6 nitrogen and oxygen atoms in total. The highest BCUT2D eigenvalue weighted by atomic mass is 32.2. The van der Waals surface area contributed by atoms with Crippen molar-refractivity contribution in [2.24, 2.45) is 5.92 Å². The van der Waals surface area contributed by atoms with Crippen molar-refractivity contribution in [1.82, 2.24) is 9.03 Å². The van der Waals surface area contributed by atoms with Crippen molar-refractivity contribution < 1.29 is 16.8 Å². The predicted octanol–water partition coefficient (Wildman–Crippen LogP) is 1.46. The van der Waals surface area contributed by atoms with Crippen molar-refractivity contribution in [3.63, 3.8) is 0 Å². The molecule has 0 unspecified atom stereocenters. The molecule has 0 aliphatic carbocycles. The van der Waals surface area contributed by atoms with E-state index in [0.717, 1.165) is 11.8 Å². The van der Waals surface area contributed by atoms with Crippen LogP contribution in [-0.4, -0.2) is 40.8 Å². The van der Waals surface area contributed by atoms with Gasteiger partial charge in [-0.3, -0.25) is 0 Å². The molecule has 2 rings (SSSR count). The van der Waals surface area contributed by atoms with Crippen molar-refractivity contribution in [2.45, 2.75) is 24.7 Å². The summed E-state index contributed by atoms with van der Waals surface area (Å²) in [7, 11) is -7.03. The molecular formula is C15H22N2O4S2. The molecule has 0 bridgehead atoms. The zero-order valence-electron chi connectivity index (χ0n) is 13.1. The Morgan fingerprint density at radius 1 is 1.30 bits per heavy atom. The lowest BCUT2D eigenvalue weighted by Gasteiger charge is -2.32. The fraction of sp³-hybridized carbons (Fsp3) is 0.467. The van der Waals surface area contributed by atoms with Gasteiger partial charge in [-0.05, 0) is 37.3 Å². The van der Waals surface area contributed by atoms with Gasteiger partial charge in [0.15, 0.2) is 0 Å². The zero-order chi connectivity index (χ0) is 17.1. The third kappa shape index (κ3) is 4.41. The lowest BCUT2D eigenvalue weighted by molar-refractivity contribution is 0.267. The Morgan fingerprint density at radius 2 is 2.00 bits per heavy atom. The summed E-state index contributed by atoms with van der Waals surface area (Å²) in [6.45, 7) is 6.01. The Kier molecular flexibility index (Phi) is 5.61. The number of hydrogen-bond donors (Lipinski definition) is 1. The summed E-state index contributed by atoms with van der Waals surface area (Å²) >= 11 is 0. The quantitative estimate of drug-likeness (QED) is 0.834. The maximum atomic E-state index is 12.8. The van der Waals surface area contributed by atoms with Crippen molar-refractivity contribution in [3.8, 4) is 0 Å². The number of benzene rings is 1. The Hall–Kier alpha value is -1.22. The SMILES string of the molecule is C=CS(=O)(=O)NC[C@H]1CCCN(S(=O)(=O)c2ccccc2C)C1. The van der Waals surface area contributed by atoms with Crippen LogP contribution in [0.15, 0.2) is 41.1 Å². The molecule has 1 saturated heterocycles. The summed E-state index contributed by atoms with van der Waals surface area (Å²) < 4.78 is 52.3. The minimum absolute atomic E-state index is 0.0442. The molecule has 23 heavy (non-hydrogen) atoms. The van der Waals surface area contributed by atoms with E-state index in [0.29, 0.717) is 30.0 Å². The van der Waals surface area contributed by atoms with Crippen LogP contribution in [0.3, 0.4) is 0 Å². The van der Waals surface area contributed by atoms with Gasteiger partial charge in [0.05, 0.1) is 4.90 Å². The van der Waals surface area contributed by atoms with E-state index in [4.69, 9.17) is 0 Å². The number of nitrogens with zero attached hydrogens (tertiary/aromatic N) is 1. The first-order valence-corrected chi connectivity index (χ1v) is 10.4. The van der Waals surface area contributed by atoms with Crippen molar-refractivity contribution in [3.05, 3.63) is 41.8 Å². The zero-order valence-corrected chi connectivity index (χ0v) is 14.7. The van der Waals surface area contributed by atoms with Crippen LogP contribution in [0, 0.1) is 12.8 Å². The molecule has 1 atom stereocenters. The van der Waals surface area contributed by atoms with Gasteiger partial charge in [0.25, 0.3) is 0 Å². The van der Waals surface area contributed by atoms with E-state index in [9.17, 15) is 16.8 Å². The highest BCUT2D eigenvalue weighted by molar-refractivity contribution is 7.92. The lowest BCUT2D eigenvalue weighted by atomic mass is 10.0. The van der Waals surface area contributed by atoms with Crippen LogP contribution in [0.4, 0.5) is 0 Å². The molecule has 0 saturated carbocycles. The maximum Gasteiger partial charge on any atom is 0.243 e. The van der Waals surface area contributed by atoms with Crippen LogP contribution >= 0.6 is 0 Å². The summed E-state index contributed by atoms with van der Waals surface area (Å²) in [5, 5.41) is 0.859. The van der Waals surface area contributed by atoms with E-state index in [1.807, 2.05) is 0 Å². The Morgan fingerprint density at radius 3 is 2.65 bits per heavy atom. The molecule has 1 aromatic carbocycles. The van der Waals surface area contributed by atoms with Crippen LogP contribution in [0.2, 0.25) is 0 Å². The molecule has 0 amide bonds. The van der Waals surface area contributed by atoms with Crippen LogP contribution < -0.4 is 4.72 Å². The largest absolute Gasteiger partial charge is 0.243 e. The first kappa shape index (κ1) is 18.1. The number of nitrogens with one attached hydrogen (secondary N) is 1. The molecule has 8 heteroatoms. The van der Waals surface area contributed by atoms with E-state index in [-0.39, 0.29) is 12.5 Å². The first-order valence-electron chi connectivity index (χ1n) is 7.44. The van der Waals surface area contributed by atoms with Crippen LogP contribution in [-0.2, 0) is 20.0 Å². The second-order valence-corrected chi connectivity index (χ2v) is 9.32. The van der Waals surface area contributed by atoms with Gasteiger partial charge in [-0.25, -0.2) is 21.6 Å². The van der Waals surface area contributed by atoms with Gasteiger partial charge in [-0.15, -0.1) is 0 Å². The Labute approximate surface area is 138 Å². The monoisotopic (exact) mass is 358 g/mol. The van der Waals surface area contributed by atoms with Gasteiger partial charge in [-0.1, -0.05) is 24.8 Å². The highest BCUT2D eigenvalue weighted by Crippen LogP contribution is 2.25. The van der Waals surface area contributed by atoms with Gasteiger partial charge in [-0.2, -0.15) is 4.31 Å². The minimum atomic E-state index is -3.55. The Balaban J connectivity index is 2.12. The highest BCUT2D eigenvalue weighted by Gasteiger charge is 2.31. The number of hydrogen-bond acceptors (Lipinski definition) is 4. The molecule has 1 fully saturated rings. The number of piperidine rings is 1. The smallest absolute Gasteiger partial charge is 0.211 e. The van der Waals surface area contributed by atoms with Crippen LogP contribution in [0.25, 0.3) is 0 Å². The van der Waals surface area contributed by atoms with Crippen molar-refractivity contribution in [2.75, 3.05) is 19.6 Å². The average molecular weight is 358 g/mol. The van der Waals surface area contributed by atoms with E-state index >= 15 is 0 Å². The van der Waals surface area contributed by atoms with Crippen molar-refractivity contribution >= 4 is 20.0 Å². The van der Waals surface area contributed by atoms with E-state index < -0.39 is 20.0 Å². The molecule has 1 aromatic rings. The molecule has 128 valence electrons. The molecule has 1 aliphatic heterocycles. The molecule has 0 aromatic heterocycles. The fourth-order valence-electron chi connectivity index (χ4n) is 2.69. The van der Waals surface area contributed by atoms with Gasteiger partial charge >= 0.3 is 0 Å². The lowest BCUT2D eigenvalue weighted by Crippen LogP contribution is -2.43. The molecule has 1 aliphatic rings. The number of aryl methyl sites for hydroxylation is 1. The third-order valence-corrected chi connectivity index (χ3v) is 7.02. The van der Waals surface area contributed by atoms with Crippen LogP contribution in [0.1, 0.15) is 18.4 Å². The third-order valence-electron chi connectivity index (χ3n) is 3.99. The molecule has 1 heterocycles. The topological polar surface area (TPSA) is 83.6 Å². The molecule has 0 radical (unpaired) electrons. The van der Waals surface area contributed by atoms with Gasteiger partial charge in [0.1, 0.15) is 0 Å². The second-order valence-electron chi connectivity index (χ2n) is 5.70. The van der Waals surface area contributed by atoms with E-state index in [1.54, 1.807) is 31.2 Å². The van der Waals surface area contributed by atoms with Gasteiger partial charge in [0, 0.05) is 25.0 Å². The molecule has 0 spiro atoms. The van der Waals surface area contributed by atoms with Crippen molar-refractivity contribution in [1.29, 1.82) is 0 Å².